The molecular formula is C12H20FN3O. The summed E-state index contributed by atoms with van der Waals surface area (Å²) in [6.45, 7) is 4.49. The van der Waals surface area contributed by atoms with Gasteiger partial charge in [-0.05, 0) is 12.8 Å². The maximum Gasteiger partial charge on any atom is 0.186 e. The molecule has 96 valence electrons. The van der Waals surface area contributed by atoms with Gasteiger partial charge in [0.2, 0.25) is 0 Å². The number of halogens is 1. The van der Waals surface area contributed by atoms with Gasteiger partial charge in [-0.1, -0.05) is 20.3 Å². The summed E-state index contributed by atoms with van der Waals surface area (Å²) in [4.78, 5) is 7.84. The van der Waals surface area contributed by atoms with Crippen molar-refractivity contribution >= 4 is 5.82 Å². The van der Waals surface area contributed by atoms with Crippen LogP contribution in [0.5, 0.6) is 0 Å². The van der Waals surface area contributed by atoms with Crippen LogP contribution >= 0.6 is 0 Å². The van der Waals surface area contributed by atoms with Crippen molar-refractivity contribution in [3.05, 3.63) is 17.8 Å². The summed E-state index contributed by atoms with van der Waals surface area (Å²) >= 11 is 0. The summed E-state index contributed by atoms with van der Waals surface area (Å²) in [5.41, 5.74) is 0.440. The average Bonchev–Trinajstić information content (AvgIpc) is 2.32. The van der Waals surface area contributed by atoms with Gasteiger partial charge in [-0.25, -0.2) is 14.4 Å². The minimum atomic E-state index is -0.354. The second kappa shape index (κ2) is 7.17. The molecule has 0 aromatic carbocycles. The lowest BCUT2D eigenvalue weighted by molar-refractivity contribution is 0.182. The third-order valence-electron chi connectivity index (χ3n) is 2.54. The van der Waals surface area contributed by atoms with Crippen LogP contribution in [0, 0.1) is 5.82 Å². The van der Waals surface area contributed by atoms with E-state index in [1.54, 1.807) is 7.11 Å². The van der Waals surface area contributed by atoms with Gasteiger partial charge < -0.3 is 10.1 Å². The van der Waals surface area contributed by atoms with Crippen LogP contribution in [-0.2, 0) is 11.2 Å². The number of ether oxygens (including phenoxy) is 1. The molecule has 0 fully saturated rings. The summed E-state index contributed by atoms with van der Waals surface area (Å²) < 4.78 is 19.0. The SMILES string of the molecule is CCCC(COC)Nc1ncnc(CC)c1F. The van der Waals surface area contributed by atoms with Gasteiger partial charge in [0.25, 0.3) is 0 Å². The van der Waals surface area contributed by atoms with E-state index in [1.807, 2.05) is 6.92 Å². The zero-order chi connectivity index (χ0) is 12.7. The van der Waals surface area contributed by atoms with Gasteiger partial charge in [-0.15, -0.1) is 0 Å². The van der Waals surface area contributed by atoms with Gasteiger partial charge in [0.05, 0.1) is 18.3 Å². The Labute approximate surface area is 102 Å². The maximum atomic E-state index is 13.9. The molecule has 4 nitrogen and oxygen atoms in total. The molecule has 17 heavy (non-hydrogen) atoms. The number of nitrogens with zero attached hydrogens (tertiary/aromatic N) is 2. The Morgan fingerprint density at radius 3 is 2.76 bits per heavy atom. The third-order valence-corrected chi connectivity index (χ3v) is 2.54. The highest BCUT2D eigenvalue weighted by Gasteiger charge is 2.14. The van der Waals surface area contributed by atoms with Crippen molar-refractivity contribution in [3.8, 4) is 0 Å². The van der Waals surface area contributed by atoms with Crippen LogP contribution in [0.15, 0.2) is 6.33 Å². The van der Waals surface area contributed by atoms with E-state index in [9.17, 15) is 4.39 Å². The van der Waals surface area contributed by atoms with E-state index in [0.29, 0.717) is 18.7 Å². The van der Waals surface area contributed by atoms with Gasteiger partial charge in [-0.3, -0.25) is 0 Å². The Bertz CT molecular complexity index is 341. The Morgan fingerprint density at radius 2 is 2.18 bits per heavy atom. The molecule has 0 aliphatic heterocycles. The summed E-state index contributed by atoms with van der Waals surface area (Å²) in [5, 5.41) is 3.07. The number of rotatable bonds is 7. The topological polar surface area (TPSA) is 47.0 Å². The van der Waals surface area contributed by atoms with Crippen molar-refractivity contribution in [1.82, 2.24) is 9.97 Å². The molecule has 0 amide bonds. The predicted molar refractivity (Wildman–Crippen MR) is 65.6 cm³/mol. The minimum Gasteiger partial charge on any atom is -0.383 e. The number of anilines is 1. The van der Waals surface area contributed by atoms with Crippen LogP contribution in [0.4, 0.5) is 10.2 Å². The van der Waals surface area contributed by atoms with Crippen molar-refractivity contribution in [2.75, 3.05) is 19.0 Å². The second-order valence-electron chi connectivity index (χ2n) is 3.92. The number of nitrogens with one attached hydrogen (secondary N) is 1. The van der Waals surface area contributed by atoms with Crippen molar-refractivity contribution in [2.45, 2.75) is 39.2 Å². The van der Waals surface area contributed by atoms with Gasteiger partial charge in [0, 0.05) is 7.11 Å². The summed E-state index contributed by atoms with van der Waals surface area (Å²) in [5.74, 6) is -0.0837. The first kappa shape index (κ1) is 13.8. The van der Waals surface area contributed by atoms with Crippen molar-refractivity contribution in [2.24, 2.45) is 0 Å². The highest BCUT2D eigenvalue weighted by molar-refractivity contribution is 5.38. The summed E-state index contributed by atoms with van der Waals surface area (Å²) in [6.07, 6.45) is 3.87. The number of methoxy groups -OCH3 is 1. The van der Waals surface area contributed by atoms with Crippen LogP contribution < -0.4 is 5.32 Å². The first-order valence-corrected chi connectivity index (χ1v) is 5.97. The molecule has 0 bridgehead atoms. The van der Waals surface area contributed by atoms with E-state index in [-0.39, 0.29) is 17.7 Å². The molecule has 0 saturated heterocycles. The lowest BCUT2D eigenvalue weighted by atomic mass is 10.2. The fourth-order valence-corrected chi connectivity index (χ4v) is 1.69. The van der Waals surface area contributed by atoms with E-state index in [0.717, 1.165) is 12.8 Å². The summed E-state index contributed by atoms with van der Waals surface area (Å²) in [6, 6.07) is 0.0825. The molecule has 1 unspecified atom stereocenters. The predicted octanol–water partition coefficient (Wildman–Crippen LogP) is 2.41. The van der Waals surface area contributed by atoms with E-state index < -0.39 is 0 Å². The molecular weight excluding hydrogens is 221 g/mol. The number of aryl methyl sites for hydroxylation is 1. The van der Waals surface area contributed by atoms with E-state index in [1.165, 1.54) is 6.33 Å². The largest absolute Gasteiger partial charge is 0.383 e. The smallest absolute Gasteiger partial charge is 0.186 e. The molecule has 5 heteroatoms. The average molecular weight is 241 g/mol. The highest BCUT2D eigenvalue weighted by atomic mass is 19.1. The molecule has 1 heterocycles. The molecule has 0 saturated carbocycles. The molecule has 0 aliphatic rings. The Kier molecular flexibility index (Phi) is 5.83. The Balaban J connectivity index is 2.77. The molecule has 0 radical (unpaired) electrons. The van der Waals surface area contributed by atoms with Crippen LogP contribution in [0.1, 0.15) is 32.4 Å². The maximum absolute atomic E-state index is 13.9. The zero-order valence-electron chi connectivity index (χ0n) is 10.7. The molecule has 1 rings (SSSR count). The summed E-state index contributed by atoms with van der Waals surface area (Å²) in [7, 11) is 1.64. The fraction of sp³-hybridized carbons (Fsp3) is 0.667. The fourth-order valence-electron chi connectivity index (χ4n) is 1.69. The van der Waals surface area contributed by atoms with E-state index >= 15 is 0 Å². The molecule has 1 atom stereocenters. The Hall–Kier alpha value is -1.23. The van der Waals surface area contributed by atoms with Crippen molar-refractivity contribution in [3.63, 3.8) is 0 Å². The molecule has 0 aliphatic carbocycles. The lowest BCUT2D eigenvalue weighted by Gasteiger charge is -2.18. The monoisotopic (exact) mass is 241 g/mol. The molecule has 0 spiro atoms. The van der Waals surface area contributed by atoms with Crippen LogP contribution in [0.25, 0.3) is 0 Å². The first-order chi connectivity index (χ1) is 8.22. The zero-order valence-corrected chi connectivity index (χ0v) is 10.7. The van der Waals surface area contributed by atoms with E-state index in [2.05, 4.69) is 22.2 Å². The van der Waals surface area contributed by atoms with Crippen molar-refractivity contribution < 1.29 is 9.13 Å². The molecule has 1 aromatic heterocycles. The highest BCUT2D eigenvalue weighted by Crippen LogP contribution is 2.15. The minimum absolute atomic E-state index is 0.0825. The van der Waals surface area contributed by atoms with Gasteiger partial charge in [-0.2, -0.15) is 0 Å². The van der Waals surface area contributed by atoms with Crippen LogP contribution in [-0.4, -0.2) is 29.7 Å². The molecule has 1 aromatic rings. The van der Waals surface area contributed by atoms with E-state index in [4.69, 9.17) is 4.74 Å². The lowest BCUT2D eigenvalue weighted by Crippen LogP contribution is -2.26. The second-order valence-corrected chi connectivity index (χ2v) is 3.92. The quantitative estimate of drug-likeness (QED) is 0.796. The standard InChI is InChI=1S/C12H20FN3O/c1-4-6-9(7-17-3)16-12-11(13)10(5-2)14-8-15-12/h8-9H,4-7H2,1-3H3,(H,14,15,16). The van der Waals surface area contributed by atoms with Crippen LogP contribution in [0.3, 0.4) is 0 Å². The van der Waals surface area contributed by atoms with Crippen molar-refractivity contribution in [1.29, 1.82) is 0 Å². The first-order valence-electron chi connectivity index (χ1n) is 5.97. The number of hydrogen-bond donors (Lipinski definition) is 1. The van der Waals surface area contributed by atoms with Crippen LogP contribution in [0.2, 0.25) is 0 Å². The molecule has 1 N–H and O–H groups in total. The van der Waals surface area contributed by atoms with Gasteiger partial charge in [0.1, 0.15) is 6.33 Å². The van der Waals surface area contributed by atoms with Gasteiger partial charge >= 0.3 is 0 Å². The van der Waals surface area contributed by atoms with Gasteiger partial charge in [0.15, 0.2) is 11.6 Å². The number of hydrogen-bond acceptors (Lipinski definition) is 4. The normalized spacial score (nSPS) is 12.5. The number of aromatic nitrogens is 2. The Morgan fingerprint density at radius 1 is 1.41 bits per heavy atom. The third kappa shape index (κ3) is 3.93.